The van der Waals surface area contributed by atoms with Crippen molar-refractivity contribution in [2.45, 2.75) is 12.8 Å². The number of nitrogens with one attached hydrogen (secondary N) is 1. The molecule has 6 nitrogen and oxygen atoms in total. The van der Waals surface area contributed by atoms with Crippen LogP contribution in [-0.4, -0.2) is 54.4 Å². The Kier molecular flexibility index (Phi) is 7.33. The van der Waals surface area contributed by atoms with E-state index in [0.29, 0.717) is 6.61 Å². The van der Waals surface area contributed by atoms with Gasteiger partial charge in [-0.2, -0.15) is 13.2 Å². The molecule has 1 fully saturated rings. The summed E-state index contributed by atoms with van der Waals surface area (Å²) in [6.07, 6.45) is -5.30. The maximum absolute atomic E-state index is 11.6. The van der Waals surface area contributed by atoms with Crippen LogP contribution in [0.25, 0.3) is 0 Å². The molecule has 1 aromatic rings. The van der Waals surface area contributed by atoms with Crippen LogP contribution in [0.1, 0.15) is 5.56 Å². The summed E-state index contributed by atoms with van der Waals surface area (Å²) in [7, 11) is 0. The van der Waals surface area contributed by atoms with E-state index in [1.807, 2.05) is 30.3 Å². The number of halogens is 3. The standard InChI is InChI=1S/C12H16N2O2.C2HF3O2/c15-12(14-8-6-13-7-9-14)16-10-11-4-2-1-3-5-11;3-2(4,5)1(6)7/h1-5,13H,6-10H2;(H,6,7). The summed E-state index contributed by atoms with van der Waals surface area (Å²) >= 11 is 0. The molecule has 1 aromatic carbocycles. The molecular weight excluding hydrogens is 317 g/mol. The van der Waals surface area contributed by atoms with Gasteiger partial charge in [0.2, 0.25) is 0 Å². The van der Waals surface area contributed by atoms with Crippen LogP contribution in [0.15, 0.2) is 30.3 Å². The SMILES string of the molecule is O=C(O)C(F)(F)F.O=C(OCc1ccccc1)N1CCNCC1. The molecule has 9 heteroatoms. The topological polar surface area (TPSA) is 78.9 Å². The first kappa shape index (κ1) is 18.8. The van der Waals surface area contributed by atoms with Crippen LogP contribution in [0.2, 0.25) is 0 Å². The minimum Gasteiger partial charge on any atom is -0.475 e. The van der Waals surface area contributed by atoms with Gasteiger partial charge in [-0.3, -0.25) is 0 Å². The van der Waals surface area contributed by atoms with E-state index >= 15 is 0 Å². The number of hydrogen-bond acceptors (Lipinski definition) is 4. The number of aliphatic carboxylic acids is 1. The van der Waals surface area contributed by atoms with Crippen LogP contribution in [0, 0.1) is 0 Å². The predicted octanol–water partition coefficient (Wildman–Crippen LogP) is 1.86. The number of hydrogen-bond donors (Lipinski definition) is 2. The molecule has 1 heterocycles. The number of nitrogens with zero attached hydrogens (tertiary/aromatic N) is 1. The Balaban J connectivity index is 0.000000322. The molecule has 1 amide bonds. The predicted molar refractivity (Wildman–Crippen MR) is 74.8 cm³/mol. The molecule has 0 saturated carbocycles. The Labute approximate surface area is 130 Å². The largest absolute Gasteiger partial charge is 0.490 e. The zero-order valence-corrected chi connectivity index (χ0v) is 12.2. The lowest BCUT2D eigenvalue weighted by Crippen LogP contribution is -2.46. The van der Waals surface area contributed by atoms with Crippen molar-refractivity contribution in [2.75, 3.05) is 26.2 Å². The van der Waals surface area contributed by atoms with Crippen molar-refractivity contribution >= 4 is 12.1 Å². The van der Waals surface area contributed by atoms with Gasteiger partial charge in [0.1, 0.15) is 6.61 Å². The molecule has 0 aliphatic carbocycles. The number of benzene rings is 1. The van der Waals surface area contributed by atoms with Gasteiger partial charge in [-0.15, -0.1) is 0 Å². The van der Waals surface area contributed by atoms with E-state index in [1.54, 1.807) is 4.90 Å². The van der Waals surface area contributed by atoms with E-state index in [9.17, 15) is 18.0 Å². The number of carboxylic acid groups (broad SMARTS) is 1. The summed E-state index contributed by atoms with van der Waals surface area (Å²) in [6.45, 7) is 3.51. The number of ether oxygens (including phenoxy) is 1. The maximum Gasteiger partial charge on any atom is 0.490 e. The Morgan fingerprint density at radius 1 is 1.17 bits per heavy atom. The molecule has 1 aliphatic rings. The van der Waals surface area contributed by atoms with Crippen LogP contribution in [0.4, 0.5) is 18.0 Å². The molecule has 0 unspecified atom stereocenters. The number of piperazine rings is 1. The van der Waals surface area contributed by atoms with Gasteiger partial charge in [-0.25, -0.2) is 9.59 Å². The van der Waals surface area contributed by atoms with Crippen LogP contribution < -0.4 is 5.32 Å². The second-order valence-electron chi connectivity index (χ2n) is 4.58. The zero-order chi connectivity index (χ0) is 17.3. The second kappa shape index (κ2) is 8.99. The molecule has 1 aliphatic heterocycles. The summed E-state index contributed by atoms with van der Waals surface area (Å²) in [6, 6.07) is 9.72. The normalized spacial score (nSPS) is 14.5. The van der Waals surface area contributed by atoms with Crippen LogP contribution in [0.3, 0.4) is 0 Å². The highest BCUT2D eigenvalue weighted by molar-refractivity contribution is 5.73. The van der Waals surface area contributed by atoms with Gasteiger partial charge in [0.25, 0.3) is 0 Å². The lowest BCUT2D eigenvalue weighted by Gasteiger charge is -2.26. The number of carbonyl (C=O) groups is 2. The van der Waals surface area contributed by atoms with Gasteiger partial charge >= 0.3 is 18.2 Å². The highest BCUT2D eigenvalue weighted by atomic mass is 19.4. The smallest absolute Gasteiger partial charge is 0.475 e. The molecule has 128 valence electrons. The monoisotopic (exact) mass is 334 g/mol. The Bertz CT molecular complexity index is 502. The average molecular weight is 334 g/mol. The number of rotatable bonds is 2. The number of carbonyl (C=O) groups excluding carboxylic acids is 1. The summed E-state index contributed by atoms with van der Waals surface area (Å²) in [5.41, 5.74) is 1.02. The van der Waals surface area contributed by atoms with Gasteiger partial charge in [0.15, 0.2) is 0 Å². The van der Waals surface area contributed by atoms with Crippen molar-refractivity contribution in [1.82, 2.24) is 10.2 Å². The lowest BCUT2D eigenvalue weighted by atomic mass is 10.2. The highest BCUT2D eigenvalue weighted by Gasteiger charge is 2.38. The molecule has 0 atom stereocenters. The fourth-order valence-electron chi connectivity index (χ4n) is 1.66. The van der Waals surface area contributed by atoms with Gasteiger partial charge in [0, 0.05) is 26.2 Å². The molecule has 0 spiro atoms. The summed E-state index contributed by atoms with van der Waals surface area (Å²) in [4.78, 5) is 22.3. The van der Waals surface area contributed by atoms with Crippen LogP contribution >= 0.6 is 0 Å². The van der Waals surface area contributed by atoms with Crippen molar-refractivity contribution in [3.05, 3.63) is 35.9 Å². The Morgan fingerprint density at radius 2 is 1.70 bits per heavy atom. The summed E-state index contributed by atoms with van der Waals surface area (Å²) in [5.74, 6) is -2.76. The van der Waals surface area contributed by atoms with E-state index in [0.717, 1.165) is 31.7 Å². The number of amides is 1. The van der Waals surface area contributed by atoms with Crippen molar-refractivity contribution in [3.63, 3.8) is 0 Å². The van der Waals surface area contributed by atoms with E-state index in [2.05, 4.69) is 5.32 Å². The Morgan fingerprint density at radius 3 is 2.17 bits per heavy atom. The Hall–Kier alpha value is -2.29. The molecule has 0 radical (unpaired) electrons. The van der Waals surface area contributed by atoms with Crippen LogP contribution in [-0.2, 0) is 16.1 Å². The highest BCUT2D eigenvalue weighted by Crippen LogP contribution is 2.13. The number of alkyl halides is 3. The molecule has 1 saturated heterocycles. The molecule has 2 rings (SSSR count). The fourth-order valence-corrected chi connectivity index (χ4v) is 1.66. The maximum atomic E-state index is 11.6. The van der Waals surface area contributed by atoms with Gasteiger partial charge in [0.05, 0.1) is 0 Å². The molecule has 2 N–H and O–H groups in total. The van der Waals surface area contributed by atoms with E-state index < -0.39 is 12.1 Å². The minimum absolute atomic E-state index is 0.217. The van der Waals surface area contributed by atoms with E-state index in [-0.39, 0.29) is 6.09 Å². The quantitative estimate of drug-likeness (QED) is 0.863. The van der Waals surface area contributed by atoms with Crippen molar-refractivity contribution in [1.29, 1.82) is 0 Å². The molecule has 0 aromatic heterocycles. The summed E-state index contributed by atoms with van der Waals surface area (Å²) in [5, 5.41) is 10.3. The fraction of sp³-hybridized carbons (Fsp3) is 0.429. The van der Waals surface area contributed by atoms with Gasteiger partial charge < -0.3 is 20.1 Å². The third kappa shape index (κ3) is 7.50. The molecule has 0 bridgehead atoms. The van der Waals surface area contributed by atoms with Crippen molar-refractivity contribution < 1.29 is 32.6 Å². The van der Waals surface area contributed by atoms with Crippen molar-refractivity contribution in [3.8, 4) is 0 Å². The third-order valence-electron chi connectivity index (χ3n) is 2.82. The lowest BCUT2D eigenvalue weighted by molar-refractivity contribution is -0.192. The first-order valence-electron chi connectivity index (χ1n) is 6.77. The average Bonchev–Trinajstić information content (AvgIpc) is 2.54. The van der Waals surface area contributed by atoms with Gasteiger partial charge in [-0.05, 0) is 5.56 Å². The first-order chi connectivity index (χ1) is 10.8. The van der Waals surface area contributed by atoms with E-state index in [4.69, 9.17) is 14.6 Å². The zero-order valence-electron chi connectivity index (χ0n) is 12.2. The molecular formula is C14H17F3N2O4. The van der Waals surface area contributed by atoms with Crippen molar-refractivity contribution in [2.24, 2.45) is 0 Å². The summed E-state index contributed by atoms with van der Waals surface area (Å²) < 4.78 is 37.0. The minimum atomic E-state index is -5.08. The van der Waals surface area contributed by atoms with E-state index in [1.165, 1.54) is 0 Å². The van der Waals surface area contributed by atoms with Gasteiger partial charge in [-0.1, -0.05) is 30.3 Å². The first-order valence-corrected chi connectivity index (χ1v) is 6.77. The number of carboxylic acids is 1. The second-order valence-corrected chi connectivity index (χ2v) is 4.58. The molecule has 23 heavy (non-hydrogen) atoms. The van der Waals surface area contributed by atoms with Crippen LogP contribution in [0.5, 0.6) is 0 Å². The third-order valence-corrected chi connectivity index (χ3v) is 2.82.